The Hall–Kier alpha value is -1.53. The molecule has 1 aliphatic heterocycles. The van der Waals surface area contributed by atoms with Gasteiger partial charge in [-0.1, -0.05) is 13.3 Å². The minimum atomic E-state index is -4.86. The summed E-state index contributed by atoms with van der Waals surface area (Å²) in [6.07, 6.45) is -1.20. The average Bonchev–Trinajstić information content (AvgIpc) is 3.10. The van der Waals surface area contributed by atoms with Crippen molar-refractivity contribution in [3.63, 3.8) is 0 Å². The molecule has 0 N–H and O–H groups in total. The fourth-order valence-electron chi connectivity index (χ4n) is 3.14. The molecule has 0 aromatic heterocycles. The highest BCUT2D eigenvalue weighted by molar-refractivity contribution is 7.10. The summed E-state index contributed by atoms with van der Waals surface area (Å²) in [6, 6.07) is 1.47. The summed E-state index contributed by atoms with van der Waals surface area (Å²) in [6.45, 7) is 5.68. The first kappa shape index (κ1) is 21.8. The fraction of sp³-hybridized carbons (Fsp3) is 0.611. The van der Waals surface area contributed by atoms with Crippen molar-refractivity contribution in [3.8, 4) is 11.5 Å². The van der Waals surface area contributed by atoms with Crippen LogP contribution >= 0.6 is 9.47 Å². The van der Waals surface area contributed by atoms with Crippen molar-refractivity contribution in [3.05, 3.63) is 22.8 Å². The molecule has 1 fully saturated rings. The number of halogens is 3. The summed E-state index contributed by atoms with van der Waals surface area (Å²) < 4.78 is 53.6. The molecule has 1 saturated heterocycles. The number of benzene rings is 1. The van der Waals surface area contributed by atoms with Crippen LogP contribution in [0.4, 0.5) is 13.2 Å². The van der Waals surface area contributed by atoms with Crippen LogP contribution in [-0.2, 0) is 11.1 Å². The van der Waals surface area contributed by atoms with Gasteiger partial charge >= 0.3 is 12.3 Å². The van der Waals surface area contributed by atoms with E-state index in [0.29, 0.717) is 18.7 Å². The lowest BCUT2D eigenvalue weighted by molar-refractivity contribution is -0.275. The van der Waals surface area contributed by atoms with E-state index < -0.39 is 12.3 Å². The average molecular weight is 407 g/mol. The largest absolute Gasteiger partial charge is 0.573 e. The predicted octanol–water partition coefficient (Wildman–Crippen LogP) is 4.62. The van der Waals surface area contributed by atoms with Crippen LogP contribution in [0.1, 0.15) is 54.1 Å². The highest BCUT2D eigenvalue weighted by Crippen LogP contribution is 2.39. The molecule has 1 aliphatic rings. The van der Waals surface area contributed by atoms with E-state index in [-0.39, 0.29) is 22.6 Å². The van der Waals surface area contributed by atoms with Crippen LogP contribution in [0.3, 0.4) is 0 Å². The van der Waals surface area contributed by atoms with Crippen molar-refractivity contribution in [2.45, 2.75) is 52.4 Å². The molecule has 27 heavy (non-hydrogen) atoms. The van der Waals surface area contributed by atoms with Crippen molar-refractivity contribution in [2.24, 2.45) is 0 Å². The van der Waals surface area contributed by atoms with E-state index in [1.165, 1.54) is 13.0 Å². The Balaban J connectivity index is 2.50. The highest BCUT2D eigenvalue weighted by atomic mass is 31.0. The number of alkyl halides is 3. The van der Waals surface area contributed by atoms with Crippen LogP contribution in [0.25, 0.3) is 0 Å². The molecule has 0 spiro atoms. The summed E-state index contributed by atoms with van der Waals surface area (Å²) in [5.41, 5.74) is 0.354. The van der Waals surface area contributed by atoms with E-state index in [2.05, 4.69) is 14.2 Å². The normalized spacial score (nSPS) is 15.0. The molecule has 1 aromatic rings. The van der Waals surface area contributed by atoms with Gasteiger partial charge in [0.15, 0.2) is 0 Å². The summed E-state index contributed by atoms with van der Waals surface area (Å²) in [5.74, 6) is -0.927. The van der Waals surface area contributed by atoms with Crippen molar-refractivity contribution < 1.29 is 32.0 Å². The van der Waals surface area contributed by atoms with E-state index in [4.69, 9.17) is 4.74 Å². The van der Waals surface area contributed by atoms with Crippen LogP contribution in [0.15, 0.2) is 6.07 Å². The molecule has 0 aliphatic carbocycles. The molecule has 0 saturated carbocycles. The first-order valence-electron chi connectivity index (χ1n) is 8.95. The standard InChI is InChI=1S/C18H25F3NO4P/c1-3-4-9-24-14-10-13(11-22-7-5-6-8-22)16(25-18(19,20)21)12(2)15(14)17(23)26-27/h10H,3-9,11,27H2,1-2H3. The summed E-state index contributed by atoms with van der Waals surface area (Å²) in [7, 11) is 1.81. The fourth-order valence-corrected chi connectivity index (χ4v) is 3.26. The molecule has 0 radical (unpaired) electrons. The second kappa shape index (κ2) is 9.60. The van der Waals surface area contributed by atoms with Gasteiger partial charge in [0.1, 0.15) is 17.1 Å². The maximum atomic E-state index is 13.0. The quantitative estimate of drug-likeness (QED) is 0.465. The Kier molecular flexibility index (Phi) is 7.74. The topological polar surface area (TPSA) is 48.0 Å². The molecule has 1 atom stereocenters. The molecule has 0 amide bonds. The Morgan fingerprint density at radius 3 is 2.52 bits per heavy atom. The van der Waals surface area contributed by atoms with Gasteiger partial charge in [0.2, 0.25) is 0 Å². The van der Waals surface area contributed by atoms with Gasteiger partial charge in [-0.25, -0.2) is 4.79 Å². The van der Waals surface area contributed by atoms with Gasteiger partial charge in [-0.15, -0.1) is 13.2 Å². The zero-order chi connectivity index (χ0) is 20.0. The minimum Gasteiger partial charge on any atom is -0.493 e. The molecule has 1 aromatic carbocycles. The van der Waals surface area contributed by atoms with Crippen LogP contribution in [-0.4, -0.2) is 36.9 Å². The van der Waals surface area contributed by atoms with Crippen molar-refractivity contribution >= 4 is 15.4 Å². The number of likely N-dealkylation sites (tertiary alicyclic amines) is 1. The molecule has 0 bridgehead atoms. The monoisotopic (exact) mass is 407 g/mol. The lowest BCUT2D eigenvalue weighted by Gasteiger charge is -2.23. The summed E-state index contributed by atoms with van der Waals surface area (Å²) in [4.78, 5) is 14.2. The number of hydrogen-bond donors (Lipinski definition) is 0. The van der Waals surface area contributed by atoms with Gasteiger partial charge in [-0.05, 0) is 45.3 Å². The number of nitrogens with zero attached hydrogens (tertiary/aromatic N) is 1. The van der Waals surface area contributed by atoms with Crippen molar-refractivity contribution in [2.75, 3.05) is 19.7 Å². The van der Waals surface area contributed by atoms with E-state index in [1.807, 2.05) is 16.4 Å². The summed E-state index contributed by atoms with van der Waals surface area (Å²) >= 11 is 0. The first-order valence-corrected chi connectivity index (χ1v) is 9.42. The minimum absolute atomic E-state index is 0.0504. The number of ether oxygens (including phenoxy) is 2. The SMILES string of the molecule is CCCCOc1cc(CN2CCCC2)c(OC(F)(F)F)c(C)c1C(=O)OP. The Bertz CT molecular complexity index is 661. The third-order valence-corrected chi connectivity index (χ3v) is 4.65. The molecule has 1 heterocycles. The molecule has 9 heteroatoms. The smallest absolute Gasteiger partial charge is 0.493 e. The lowest BCUT2D eigenvalue weighted by Crippen LogP contribution is -2.23. The second-order valence-electron chi connectivity index (χ2n) is 6.50. The van der Waals surface area contributed by atoms with Gasteiger partial charge in [0.25, 0.3) is 0 Å². The predicted molar refractivity (Wildman–Crippen MR) is 97.9 cm³/mol. The number of carbonyl (C=O) groups excluding carboxylic acids is 1. The zero-order valence-corrected chi connectivity index (χ0v) is 16.7. The van der Waals surface area contributed by atoms with Gasteiger partial charge in [0, 0.05) is 17.7 Å². The number of hydrogen-bond acceptors (Lipinski definition) is 5. The van der Waals surface area contributed by atoms with E-state index in [1.54, 1.807) is 0 Å². The molecular weight excluding hydrogens is 382 g/mol. The van der Waals surface area contributed by atoms with Crippen LogP contribution in [0.5, 0.6) is 11.5 Å². The Morgan fingerprint density at radius 2 is 1.96 bits per heavy atom. The van der Waals surface area contributed by atoms with Gasteiger partial charge in [-0.2, -0.15) is 0 Å². The maximum Gasteiger partial charge on any atom is 0.573 e. The zero-order valence-electron chi connectivity index (χ0n) is 15.5. The molecule has 5 nitrogen and oxygen atoms in total. The first-order chi connectivity index (χ1) is 12.8. The number of unbranched alkanes of at least 4 members (excludes halogenated alkanes) is 1. The molecule has 2 rings (SSSR count). The van der Waals surface area contributed by atoms with Gasteiger partial charge in [-0.3, -0.25) is 4.90 Å². The van der Waals surface area contributed by atoms with Gasteiger partial charge < -0.3 is 14.0 Å². The van der Waals surface area contributed by atoms with E-state index in [0.717, 1.165) is 38.8 Å². The highest BCUT2D eigenvalue weighted by Gasteiger charge is 2.35. The van der Waals surface area contributed by atoms with E-state index >= 15 is 0 Å². The summed E-state index contributed by atoms with van der Waals surface area (Å²) in [5, 5.41) is 0. The van der Waals surface area contributed by atoms with Crippen LogP contribution in [0.2, 0.25) is 0 Å². The molecular formula is C18H25F3NO4P. The third kappa shape index (κ3) is 5.98. The van der Waals surface area contributed by atoms with E-state index in [9.17, 15) is 18.0 Å². The van der Waals surface area contributed by atoms with Crippen LogP contribution < -0.4 is 9.47 Å². The molecule has 152 valence electrons. The van der Waals surface area contributed by atoms with Crippen molar-refractivity contribution in [1.82, 2.24) is 4.90 Å². The number of carbonyl (C=O) groups is 1. The van der Waals surface area contributed by atoms with Crippen LogP contribution in [0, 0.1) is 6.92 Å². The number of rotatable bonds is 8. The van der Waals surface area contributed by atoms with Crippen molar-refractivity contribution in [1.29, 1.82) is 0 Å². The Labute approximate surface area is 159 Å². The second-order valence-corrected chi connectivity index (χ2v) is 6.74. The lowest BCUT2D eigenvalue weighted by atomic mass is 10.0. The Morgan fingerprint density at radius 1 is 1.30 bits per heavy atom. The third-order valence-electron chi connectivity index (χ3n) is 4.44. The molecule has 1 unspecified atom stereocenters. The van der Waals surface area contributed by atoms with Gasteiger partial charge in [0.05, 0.1) is 16.1 Å². The maximum absolute atomic E-state index is 13.0.